The SMILES string of the molecule is Cc1noc(C)c1CCC(=O)N1Cc2ccccc2OC(c2ccccc2)C1. The largest absolute Gasteiger partial charge is 0.484 e. The van der Waals surface area contributed by atoms with Crippen molar-refractivity contribution in [2.24, 2.45) is 0 Å². The van der Waals surface area contributed by atoms with Gasteiger partial charge in [-0.25, -0.2) is 0 Å². The van der Waals surface area contributed by atoms with Gasteiger partial charge in [-0.1, -0.05) is 53.7 Å². The Balaban J connectivity index is 1.56. The summed E-state index contributed by atoms with van der Waals surface area (Å²) in [7, 11) is 0. The van der Waals surface area contributed by atoms with Gasteiger partial charge in [0.15, 0.2) is 0 Å². The summed E-state index contributed by atoms with van der Waals surface area (Å²) in [4.78, 5) is 15.0. The lowest BCUT2D eigenvalue weighted by Gasteiger charge is -2.24. The topological polar surface area (TPSA) is 55.6 Å². The zero-order chi connectivity index (χ0) is 19.5. The normalized spacial score (nSPS) is 16.2. The van der Waals surface area contributed by atoms with Crippen molar-refractivity contribution >= 4 is 5.91 Å². The lowest BCUT2D eigenvalue weighted by Crippen LogP contribution is -2.34. The van der Waals surface area contributed by atoms with E-state index in [9.17, 15) is 4.79 Å². The minimum absolute atomic E-state index is 0.112. The molecule has 0 bridgehead atoms. The number of carbonyl (C=O) groups excluding carboxylic acids is 1. The molecule has 0 aliphatic carbocycles. The Morgan fingerprint density at radius 3 is 2.61 bits per heavy atom. The minimum atomic E-state index is -0.187. The molecule has 1 aliphatic rings. The molecule has 4 rings (SSSR count). The Hall–Kier alpha value is -3.08. The van der Waals surface area contributed by atoms with E-state index in [0.717, 1.165) is 33.9 Å². The van der Waals surface area contributed by atoms with Gasteiger partial charge in [0.05, 0.1) is 12.2 Å². The molecule has 0 saturated carbocycles. The Morgan fingerprint density at radius 1 is 1.11 bits per heavy atom. The highest BCUT2D eigenvalue weighted by molar-refractivity contribution is 5.76. The Bertz CT molecular complexity index is 945. The van der Waals surface area contributed by atoms with Gasteiger partial charge in [0, 0.05) is 24.1 Å². The number of aryl methyl sites for hydroxylation is 2. The zero-order valence-corrected chi connectivity index (χ0v) is 16.2. The maximum atomic E-state index is 13.1. The van der Waals surface area contributed by atoms with Crippen molar-refractivity contribution in [3.05, 3.63) is 82.7 Å². The predicted molar refractivity (Wildman–Crippen MR) is 106 cm³/mol. The van der Waals surface area contributed by atoms with Crippen LogP contribution < -0.4 is 4.74 Å². The first-order chi connectivity index (χ1) is 13.6. The smallest absolute Gasteiger partial charge is 0.223 e. The average Bonchev–Trinajstić information content (AvgIpc) is 2.92. The number of hydrogen-bond donors (Lipinski definition) is 0. The van der Waals surface area contributed by atoms with E-state index in [2.05, 4.69) is 5.16 Å². The molecular weight excluding hydrogens is 352 g/mol. The van der Waals surface area contributed by atoms with Crippen LogP contribution in [0.5, 0.6) is 5.75 Å². The fourth-order valence-electron chi connectivity index (χ4n) is 3.69. The number of rotatable bonds is 4. The number of para-hydroxylation sites is 1. The molecule has 1 unspecified atom stereocenters. The molecule has 0 fully saturated rings. The summed E-state index contributed by atoms with van der Waals surface area (Å²) in [6.07, 6.45) is 0.870. The van der Waals surface area contributed by atoms with E-state index >= 15 is 0 Å². The number of hydrogen-bond acceptors (Lipinski definition) is 4. The summed E-state index contributed by atoms with van der Waals surface area (Å²) in [5.41, 5.74) is 3.99. The number of amides is 1. The van der Waals surface area contributed by atoms with E-state index in [1.54, 1.807) is 0 Å². The van der Waals surface area contributed by atoms with Gasteiger partial charge in [-0.2, -0.15) is 0 Å². The summed E-state index contributed by atoms with van der Waals surface area (Å²) < 4.78 is 11.5. The molecule has 28 heavy (non-hydrogen) atoms. The van der Waals surface area contributed by atoms with Crippen LogP contribution in [0.3, 0.4) is 0 Å². The number of carbonyl (C=O) groups is 1. The first-order valence-corrected chi connectivity index (χ1v) is 9.61. The summed E-state index contributed by atoms with van der Waals surface area (Å²) in [6.45, 7) is 4.89. The highest BCUT2D eigenvalue weighted by Gasteiger charge is 2.27. The molecule has 1 amide bonds. The number of nitrogens with zero attached hydrogens (tertiary/aromatic N) is 2. The Morgan fingerprint density at radius 2 is 1.86 bits per heavy atom. The number of fused-ring (bicyclic) bond motifs is 1. The zero-order valence-electron chi connectivity index (χ0n) is 16.2. The van der Waals surface area contributed by atoms with Crippen molar-refractivity contribution in [3.63, 3.8) is 0 Å². The molecule has 5 heteroatoms. The van der Waals surface area contributed by atoms with Crippen LogP contribution in [-0.4, -0.2) is 22.5 Å². The van der Waals surface area contributed by atoms with Gasteiger partial charge in [0.1, 0.15) is 17.6 Å². The van der Waals surface area contributed by atoms with Crippen LogP contribution in [0.4, 0.5) is 0 Å². The van der Waals surface area contributed by atoms with Crippen LogP contribution >= 0.6 is 0 Å². The molecule has 5 nitrogen and oxygen atoms in total. The van der Waals surface area contributed by atoms with E-state index in [-0.39, 0.29) is 12.0 Å². The van der Waals surface area contributed by atoms with Crippen molar-refractivity contribution < 1.29 is 14.1 Å². The van der Waals surface area contributed by atoms with Crippen molar-refractivity contribution in [3.8, 4) is 5.75 Å². The second-order valence-electron chi connectivity index (χ2n) is 7.20. The molecule has 1 atom stereocenters. The van der Waals surface area contributed by atoms with E-state index in [0.29, 0.717) is 25.9 Å². The quantitative estimate of drug-likeness (QED) is 0.678. The van der Waals surface area contributed by atoms with Crippen LogP contribution in [-0.2, 0) is 17.8 Å². The van der Waals surface area contributed by atoms with Gasteiger partial charge in [0.25, 0.3) is 0 Å². The third-order valence-corrected chi connectivity index (χ3v) is 5.28. The van der Waals surface area contributed by atoms with Crippen molar-refractivity contribution in [1.82, 2.24) is 10.1 Å². The molecule has 2 aromatic carbocycles. The second kappa shape index (κ2) is 7.89. The van der Waals surface area contributed by atoms with E-state index in [1.165, 1.54) is 0 Å². The third kappa shape index (κ3) is 3.79. The van der Waals surface area contributed by atoms with Crippen LogP contribution in [0.15, 0.2) is 59.1 Å². The number of benzene rings is 2. The van der Waals surface area contributed by atoms with Crippen LogP contribution in [0.1, 0.15) is 40.7 Å². The Labute approximate surface area is 164 Å². The highest BCUT2D eigenvalue weighted by Crippen LogP contribution is 2.31. The molecule has 3 aromatic rings. The minimum Gasteiger partial charge on any atom is -0.484 e. The van der Waals surface area contributed by atoms with Crippen LogP contribution in [0.25, 0.3) is 0 Å². The maximum absolute atomic E-state index is 13.1. The second-order valence-corrected chi connectivity index (χ2v) is 7.20. The lowest BCUT2D eigenvalue weighted by molar-refractivity contribution is -0.132. The molecule has 2 heterocycles. The number of aromatic nitrogens is 1. The monoisotopic (exact) mass is 376 g/mol. The molecule has 0 N–H and O–H groups in total. The summed E-state index contributed by atoms with van der Waals surface area (Å²) in [6, 6.07) is 18.0. The maximum Gasteiger partial charge on any atom is 0.223 e. The van der Waals surface area contributed by atoms with Gasteiger partial charge in [-0.05, 0) is 31.9 Å². The fraction of sp³-hybridized carbons (Fsp3) is 0.304. The van der Waals surface area contributed by atoms with Crippen LogP contribution in [0.2, 0.25) is 0 Å². The summed E-state index contributed by atoms with van der Waals surface area (Å²) >= 11 is 0. The van der Waals surface area contributed by atoms with Crippen molar-refractivity contribution in [2.75, 3.05) is 6.54 Å². The first kappa shape index (κ1) is 18.3. The van der Waals surface area contributed by atoms with Gasteiger partial charge < -0.3 is 14.2 Å². The lowest BCUT2D eigenvalue weighted by atomic mass is 10.1. The molecule has 0 radical (unpaired) electrons. The summed E-state index contributed by atoms with van der Waals surface area (Å²) in [5.74, 6) is 1.75. The molecular formula is C23H24N2O3. The fourth-order valence-corrected chi connectivity index (χ4v) is 3.69. The third-order valence-electron chi connectivity index (χ3n) is 5.28. The van der Waals surface area contributed by atoms with Gasteiger partial charge in [-0.15, -0.1) is 0 Å². The van der Waals surface area contributed by atoms with Gasteiger partial charge in [0.2, 0.25) is 5.91 Å². The first-order valence-electron chi connectivity index (χ1n) is 9.61. The Kier molecular flexibility index (Phi) is 5.15. The van der Waals surface area contributed by atoms with Gasteiger partial charge in [-0.3, -0.25) is 4.79 Å². The average molecular weight is 376 g/mol. The molecule has 1 aromatic heterocycles. The van der Waals surface area contributed by atoms with E-state index < -0.39 is 0 Å². The molecule has 1 aliphatic heterocycles. The van der Waals surface area contributed by atoms with Crippen LogP contribution in [0, 0.1) is 13.8 Å². The molecule has 0 spiro atoms. The van der Waals surface area contributed by atoms with Gasteiger partial charge >= 0.3 is 0 Å². The van der Waals surface area contributed by atoms with Crippen molar-refractivity contribution in [2.45, 2.75) is 39.3 Å². The molecule has 0 saturated heterocycles. The van der Waals surface area contributed by atoms with E-state index in [4.69, 9.17) is 9.26 Å². The predicted octanol–water partition coefficient (Wildman–Crippen LogP) is 4.39. The molecule has 144 valence electrons. The standard InChI is InChI=1S/C23H24N2O3/c1-16-20(17(2)28-24-16)12-13-23(26)25-14-19-10-6-7-11-21(19)27-22(15-25)18-8-4-3-5-9-18/h3-11,22H,12-15H2,1-2H3. The van der Waals surface area contributed by atoms with E-state index in [1.807, 2.05) is 73.3 Å². The van der Waals surface area contributed by atoms with Crippen molar-refractivity contribution in [1.29, 1.82) is 0 Å². The highest BCUT2D eigenvalue weighted by atomic mass is 16.5. The summed E-state index contributed by atoms with van der Waals surface area (Å²) in [5, 5.41) is 3.98. The number of ether oxygens (including phenoxy) is 1.